The first-order chi connectivity index (χ1) is 15.5. The number of nitrogens with zero attached hydrogens (tertiary/aromatic N) is 1. The van der Waals surface area contributed by atoms with E-state index < -0.39 is 17.7 Å². The first-order valence-corrected chi connectivity index (χ1v) is 11.7. The maximum atomic E-state index is 12.9. The SMILES string of the molecule is CCC(=O)CCCCC[C@H](NC(=O)Cn1c(=O)oc2ccccc21)C(=O)NC1CCCC1. The van der Waals surface area contributed by atoms with Crippen LogP contribution in [-0.4, -0.2) is 34.2 Å². The molecule has 0 saturated heterocycles. The quantitative estimate of drug-likeness (QED) is 0.490. The molecule has 32 heavy (non-hydrogen) atoms. The van der Waals surface area contributed by atoms with Crippen LogP contribution >= 0.6 is 0 Å². The van der Waals surface area contributed by atoms with Gasteiger partial charge in [-0.3, -0.25) is 19.0 Å². The number of carbonyl (C=O) groups excluding carboxylic acids is 3. The van der Waals surface area contributed by atoms with Gasteiger partial charge in [0.05, 0.1) is 5.52 Å². The van der Waals surface area contributed by atoms with Gasteiger partial charge in [0.2, 0.25) is 11.8 Å². The number of para-hydroxylation sites is 2. The number of amides is 2. The Bertz CT molecular complexity index is 987. The molecule has 2 N–H and O–H groups in total. The van der Waals surface area contributed by atoms with Crippen LogP contribution in [0.3, 0.4) is 0 Å². The number of aromatic nitrogens is 1. The molecule has 1 aliphatic rings. The third-order valence-corrected chi connectivity index (χ3v) is 6.07. The highest BCUT2D eigenvalue weighted by Gasteiger charge is 2.25. The van der Waals surface area contributed by atoms with Gasteiger partial charge in [-0.05, 0) is 37.8 Å². The molecule has 1 saturated carbocycles. The van der Waals surface area contributed by atoms with Gasteiger partial charge in [-0.15, -0.1) is 0 Å². The van der Waals surface area contributed by atoms with Crippen molar-refractivity contribution in [3.8, 4) is 0 Å². The molecule has 1 aromatic heterocycles. The molecule has 1 aliphatic carbocycles. The normalized spacial score (nSPS) is 15.0. The van der Waals surface area contributed by atoms with Crippen molar-refractivity contribution in [3.05, 3.63) is 34.8 Å². The van der Waals surface area contributed by atoms with Crippen LogP contribution in [0.4, 0.5) is 0 Å². The summed E-state index contributed by atoms with van der Waals surface area (Å²) in [5, 5.41) is 5.87. The second-order valence-corrected chi connectivity index (χ2v) is 8.52. The van der Waals surface area contributed by atoms with Crippen molar-refractivity contribution in [3.63, 3.8) is 0 Å². The zero-order chi connectivity index (χ0) is 22.9. The third kappa shape index (κ3) is 6.55. The molecule has 1 atom stereocenters. The van der Waals surface area contributed by atoms with Crippen LogP contribution in [0.15, 0.2) is 33.5 Å². The summed E-state index contributed by atoms with van der Waals surface area (Å²) >= 11 is 0. The summed E-state index contributed by atoms with van der Waals surface area (Å²) in [6, 6.07) is 6.41. The maximum absolute atomic E-state index is 12.9. The zero-order valence-electron chi connectivity index (χ0n) is 18.7. The molecule has 3 rings (SSSR count). The van der Waals surface area contributed by atoms with Crippen LogP contribution in [0.25, 0.3) is 11.1 Å². The summed E-state index contributed by atoms with van der Waals surface area (Å²) in [7, 11) is 0. The lowest BCUT2D eigenvalue weighted by Crippen LogP contribution is -2.50. The molecule has 0 aliphatic heterocycles. The van der Waals surface area contributed by atoms with Crippen LogP contribution in [-0.2, 0) is 20.9 Å². The molecule has 174 valence electrons. The number of hydrogen-bond acceptors (Lipinski definition) is 5. The number of fused-ring (bicyclic) bond motifs is 1. The Labute approximate surface area is 187 Å². The standard InChI is InChI=1S/C24H33N3O5/c1-2-18(28)12-4-3-5-13-19(23(30)25-17-10-6-7-11-17)26-22(29)16-27-20-14-8-9-15-21(20)32-24(27)31/h8-9,14-15,17,19H,2-7,10-13,16H2,1H3,(H,25,30)(H,26,29)/t19-/m0/s1. The van der Waals surface area contributed by atoms with Gasteiger partial charge < -0.3 is 15.1 Å². The predicted molar refractivity (Wildman–Crippen MR) is 121 cm³/mol. The highest BCUT2D eigenvalue weighted by molar-refractivity contribution is 5.88. The summed E-state index contributed by atoms with van der Waals surface area (Å²) < 4.78 is 6.45. The molecule has 0 bridgehead atoms. The molecular formula is C24H33N3O5. The van der Waals surface area contributed by atoms with E-state index in [0.29, 0.717) is 30.4 Å². The van der Waals surface area contributed by atoms with Crippen molar-refractivity contribution in [1.29, 1.82) is 0 Å². The van der Waals surface area contributed by atoms with Gasteiger partial charge in [0, 0.05) is 18.9 Å². The predicted octanol–water partition coefficient (Wildman–Crippen LogP) is 3.07. The fraction of sp³-hybridized carbons (Fsp3) is 0.583. The van der Waals surface area contributed by atoms with E-state index in [9.17, 15) is 19.2 Å². The molecule has 2 amide bonds. The lowest BCUT2D eigenvalue weighted by atomic mass is 10.0. The molecule has 2 aromatic rings. The Morgan fingerprint density at radius 2 is 1.88 bits per heavy atom. The van der Waals surface area contributed by atoms with Crippen LogP contribution in [0.1, 0.15) is 71.1 Å². The van der Waals surface area contributed by atoms with Gasteiger partial charge in [-0.25, -0.2) is 4.79 Å². The number of hydrogen-bond donors (Lipinski definition) is 2. The second kappa shape index (κ2) is 11.6. The van der Waals surface area contributed by atoms with Crippen LogP contribution in [0.2, 0.25) is 0 Å². The monoisotopic (exact) mass is 443 g/mol. The minimum Gasteiger partial charge on any atom is -0.408 e. The van der Waals surface area contributed by atoms with E-state index in [-0.39, 0.29) is 24.3 Å². The first kappa shape index (κ1) is 23.8. The van der Waals surface area contributed by atoms with Crippen molar-refractivity contribution in [2.45, 2.75) is 89.8 Å². The molecule has 0 spiro atoms. The number of unbranched alkanes of at least 4 members (excludes halogenated alkanes) is 2. The molecule has 8 heteroatoms. The molecule has 8 nitrogen and oxygen atoms in total. The highest BCUT2D eigenvalue weighted by atomic mass is 16.4. The molecule has 0 unspecified atom stereocenters. The number of benzene rings is 1. The van der Waals surface area contributed by atoms with Gasteiger partial charge in [0.25, 0.3) is 0 Å². The van der Waals surface area contributed by atoms with Crippen molar-refractivity contribution in [2.75, 3.05) is 0 Å². The Morgan fingerprint density at radius 3 is 2.62 bits per heavy atom. The summed E-state index contributed by atoms with van der Waals surface area (Å²) in [5.74, 6) is -0.953. The number of rotatable bonds is 12. The molecule has 1 aromatic carbocycles. The molecule has 0 radical (unpaired) electrons. The fourth-order valence-corrected chi connectivity index (χ4v) is 4.21. The summed E-state index contributed by atoms with van der Waals surface area (Å²) in [4.78, 5) is 49.2. The Balaban J connectivity index is 1.60. The van der Waals surface area contributed by atoms with Gasteiger partial charge >= 0.3 is 5.76 Å². The van der Waals surface area contributed by atoms with Crippen molar-refractivity contribution in [2.24, 2.45) is 0 Å². The Morgan fingerprint density at radius 1 is 1.12 bits per heavy atom. The number of ketones is 1. The van der Waals surface area contributed by atoms with Gasteiger partial charge in [0.1, 0.15) is 18.4 Å². The number of Topliss-reactive ketones (excluding diaryl/α,β-unsaturated/α-hetero) is 1. The van der Waals surface area contributed by atoms with E-state index in [1.165, 1.54) is 4.57 Å². The third-order valence-electron chi connectivity index (χ3n) is 6.07. The van der Waals surface area contributed by atoms with Crippen LogP contribution < -0.4 is 16.4 Å². The lowest BCUT2D eigenvalue weighted by molar-refractivity contribution is -0.129. The van der Waals surface area contributed by atoms with Crippen molar-refractivity contribution >= 4 is 28.7 Å². The lowest BCUT2D eigenvalue weighted by Gasteiger charge is -2.21. The zero-order valence-corrected chi connectivity index (χ0v) is 18.7. The van der Waals surface area contributed by atoms with Gasteiger partial charge in [0.15, 0.2) is 5.58 Å². The van der Waals surface area contributed by atoms with Gasteiger partial charge in [-0.1, -0.05) is 44.7 Å². The Hall–Kier alpha value is -2.90. The van der Waals surface area contributed by atoms with E-state index in [4.69, 9.17) is 4.42 Å². The van der Waals surface area contributed by atoms with E-state index in [1.54, 1.807) is 24.3 Å². The van der Waals surface area contributed by atoms with E-state index in [2.05, 4.69) is 10.6 Å². The number of nitrogens with one attached hydrogen (secondary N) is 2. The van der Waals surface area contributed by atoms with E-state index in [0.717, 1.165) is 44.9 Å². The fourth-order valence-electron chi connectivity index (χ4n) is 4.21. The highest BCUT2D eigenvalue weighted by Crippen LogP contribution is 2.18. The van der Waals surface area contributed by atoms with E-state index in [1.807, 2.05) is 6.92 Å². The van der Waals surface area contributed by atoms with Crippen LogP contribution in [0.5, 0.6) is 0 Å². The largest absolute Gasteiger partial charge is 0.420 e. The summed E-state index contributed by atoms with van der Waals surface area (Å²) in [6.07, 6.45) is 8.05. The molecule has 1 heterocycles. The minimum atomic E-state index is -0.668. The average Bonchev–Trinajstić information content (AvgIpc) is 3.40. The molecular weight excluding hydrogens is 410 g/mol. The van der Waals surface area contributed by atoms with Crippen LogP contribution in [0, 0.1) is 0 Å². The van der Waals surface area contributed by atoms with Crippen molar-refractivity contribution in [1.82, 2.24) is 15.2 Å². The maximum Gasteiger partial charge on any atom is 0.420 e. The summed E-state index contributed by atoms with van der Waals surface area (Å²) in [6.45, 7) is 1.64. The topological polar surface area (TPSA) is 110 Å². The minimum absolute atomic E-state index is 0.157. The second-order valence-electron chi connectivity index (χ2n) is 8.52. The van der Waals surface area contributed by atoms with Gasteiger partial charge in [-0.2, -0.15) is 0 Å². The average molecular weight is 444 g/mol. The Kier molecular flexibility index (Phi) is 8.64. The van der Waals surface area contributed by atoms with E-state index >= 15 is 0 Å². The first-order valence-electron chi connectivity index (χ1n) is 11.7. The number of oxazole rings is 1. The number of carbonyl (C=O) groups is 3. The summed E-state index contributed by atoms with van der Waals surface area (Å²) in [5.41, 5.74) is 0.961. The van der Waals surface area contributed by atoms with Crippen molar-refractivity contribution < 1.29 is 18.8 Å². The smallest absolute Gasteiger partial charge is 0.408 e. The molecule has 1 fully saturated rings.